The quantitative estimate of drug-likeness (QED) is 0.695. The second kappa shape index (κ2) is 3.15. The Kier molecular flexibility index (Phi) is 2.60. The number of hydrogen-bond acceptors (Lipinski definition) is 1. The Balaban J connectivity index is 2.61. The first-order valence-corrected chi connectivity index (χ1v) is 11.6. The first-order valence-electron chi connectivity index (χ1n) is 4.05. The molecule has 0 radical (unpaired) electrons. The van der Waals surface area contributed by atoms with Crippen LogP contribution in [0.5, 0.6) is 0 Å². The summed E-state index contributed by atoms with van der Waals surface area (Å²) in [6.07, 6.45) is 8.20. The molecule has 0 heterocycles. The molecule has 1 rings (SSSR count). The molecule has 1 aliphatic carbocycles. The molecule has 0 bridgehead atoms. The summed E-state index contributed by atoms with van der Waals surface area (Å²) in [6.45, 7) is 0. The average Bonchev–Trinajstić information content (AvgIpc) is 2.34. The maximum absolute atomic E-state index is 9.87. The topological polar surface area (TPSA) is 20.2 Å². The number of hydrogen-bond donors (Lipinski definition) is 1. The average molecular weight is 213 g/mol. The van der Waals surface area contributed by atoms with Crippen LogP contribution in [0.1, 0.15) is 0 Å². The van der Waals surface area contributed by atoms with Gasteiger partial charge < -0.3 is 0 Å². The van der Waals surface area contributed by atoms with Crippen LogP contribution in [0.4, 0.5) is 0 Å². The van der Waals surface area contributed by atoms with Gasteiger partial charge in [-0.15, -0.1) is 0 Å². The molecule has 0 amide bonds. The zero-order valence-corrected chi connectivity index (χ0v) is 9.51. The Hall–Kier alpha value is -0.0171. The Morgan fingerprint density at radius 1 is 1.18 bits per heavy atom. The second-order valence-electron chi connectivity index (χ2n) is 4.16. The van der Waals surface area contributed by atoms with E-state index in [1.165, 1.54) is 0 Å². The third kappa shape index (κ3) is 2.21. The monoisotopic (exact) mass is 214 g/mol. The number of aliphatic hydroxyl groups excluding tert-OH is 1. The molecule has 0 saturated heterocycles. The Labute approximate surface area is 71.2 Å². The molecule has 0 aliphatic heterocycles. The van der Waals surface area contributed by atoms with Gasteiger partial charge in [-0.05, 0) is 0 Å². The molecule has 0 aromatic carbocycles. The van der Waals surface area contributed by atoms with Crippen LogP contribution in [0.2, 0.25) is 17.3 Å². The molecular formula is C9H16GeO. The molecule has 1 N–H and O–H groups in total. The summed E-state index contributed by atoms with van der Waals surface area (Å²) < 4.78 is 0. The van der Waals surface area contributed by atoms with Gasteiger partial charge in [0.25, 0.3) is 0 Å². The van der Waals surface area contributed by atoms with Gasteiger partial charge in [-0.3, -0.25) is 0 Å². The minimum atomic E-state index is -1.84. The van der Waals surface area contributed by atoms with Crippen LogP contribution >= 0.6 is 0 Å². The van der Waals surface area contributed by atoms with Crippen LogP contribution in [0, 0.1) is 5.92 Å². The fourth-order valence-electron chi connectivity index (χ4n) is 1.24. The van der Waals surface area contributed by atoms with Crippen molar-refractivity contribution in [2.45, 2.75) is 22.2 Å². The molecular weight excluding hydrogens is 197 g/mol. The van der Waals surface area contributed by atoms with Crippen molar-refractivity contribution in [1.29, 1.82) is 0 Å². The maximum atomic E-state index is 9.87. The van der Waals surface area contributed by atoms with E-state index >= 15 is 0 Å². The van der Waals surface area contributed by atoms with Crippen LogP contribution in [-0.2, 0) is 0 Å². The normalized spacial score (nSPS) is 21.1. The predicted octanol–water partition coefficient (Wildman–Crippen LogP) is 1.97. The molecule has 0 aromatic rings. The van der Waals surface area contributed by atoms with E-state index in [2.05, 4.69) is 29.4 Å². The van der Waals surface area contributed by atoms with E-state index in [1.807, 2.05) is 12.2 Å². The molecule has 0 aromatic heterocycles. The van der Waals surface area contributed by atoms with Crippen LogP contribution < -0.4 is 0 Å². The first-order chi connectivity index (χ1) is 5.02. The number of aliphatic hydroxyl groups is 1. The van der Waals surface area contributed by atoms with Gasteiger partial charge >= 0.3 is 70.8 Å². The standard InChI is InChI=1S/C9H16GeO/c1-10(2,3)9(11)8-6-4-5-7-8/h4-9,11H,1-3H3. The fraction of sp³-hybridized carbons (Fsp3) is 0.556. The van der Waals surface area contributed by atoms with Gasteiger partial charge in [-0.2, -0.15) is 0 Å². The number of allylic oxidation sites excluding steroid dienone is 2. The van der Waals surface area contributed by atoms with Crippen molar-refractivity contribution < 1.29 is 5.11 Å². The summed E-state index contributed by atoms with van der Waals surface area (Å²) in [6, 6.07) is 0. The van der Waals surface area contributed by atoms with Crippen molar-refractivity contribution in [3.8, 4) is 0 Å². The summed E-state index contributed by atoms with van der Waals surface area (Å²) >= 11 is -1.84. The molecule has 0 fully saturated rings. The van der Waals surface area contributed by atoms with Crippen LogP contribution in [0.15, 0.2) is 24.3 Å². The van der Waals surface area contributed by atoms with Gasteiger partial charge in [-0.1, -0.05) is 0 Å². The van der Waals surface area contributed by atoms with E-state index in [0.29, 0.717) is 5.92 Å². The summed E-state index contributed by atoms with van der Waals surface area (Å²) in [4.78, 5) is -0.0787. The third-order valence-electron chi connectivity index (χ3n) is 2.03. The summed E-state index contributed by atoms with van der Waals surface area (Å²) in [5.74, 6) is 7.02. The van der Waals surface area contributed by atoms with Crippen molar-refractivity contribution in [1.82, 2.24) is 0 Å². The third-order valence-corrected chi connectivity index (χ3v) is 6.56. The molecule has 1 atom stereocenters. The van der Waals surface area contributed by atoms with Crippen molar-refractivity contribution in [2.24, 2.45) is 5.92 Å². The van der Waals surface area contributed by atoms with Gasteiger partial charge in [0, 0.05) is 0 Å². The van der Waals surface area contributed by atoms with Crippen LogP contribution in [0.25, 0.3) is 0 Å². The molecule has 2 heteroatoms. The zero-order valence-electron chi connectivity index (χ0n) is 7.41. The predicted molar refractivity (Wildman–Crippen MR) is 51.1 cm³/mol. The second-order valence-corrected chi connectivity index (χ2v) is 15.3. The summed E-state index contributed by atoms with van der Waals surface area (Å²) in [7, 11) is 0. The molecule has 1 aliphatic rings. The van der Waals surface area contributed by atoms with Crippen LogP contribution in [-0.4, -0.2) is 23.3 Å². The van der Waals surface area contributed by atoms with Gasteiger partial charge in [-0.25, -0.2) is 0 Å². The van der Waals surface area contributed by atoms with Crippen molar-refractivity contribution in [2.75, 3.05) is 0 Å². The van der Waals surface area contributed by atoms with Crippen molar-refractivity contribution in [3.63, 3.8) is 0 Å². The van der Waals surface area contributed by atoms with E-state index in [1.54, 1.807) is 0 Å². The summed E-state index contributed by atoms with van der Waals surface area (Å²) in [5.41, 5.74) is 0. The molecule has 1 unspecified atom stereocenters. The first kappa shape index (κ1) is 9.07. The van der Waals surface area contributed by atoms with Crippen LogP contribution in [0.3, 0.4) is 0 Å². The van der Waals surface area contributed by atoms with Crippen molar-refractivity contribution >= 4 is 13.3 Å². The molecule has 0 saturated carbocycles. The number of rotatable bonds is 2. The summed E-state index contributed by atoms with van der Waals surface area (Å²) in [5, 5.41) is 9.87. The van der Waals surface area contributed by atoms with Crippen molar-refractivity contribution in [3.05, 3.63) is 24.3 Å². The van der Waals surface area contributed by atoms with Gasteiger partial charge in [0.15, 0.2) is 0 Å². The molecule has 62 valence electrons. The minimum absolute atomic E-state index is 0.0787. The van der Waals surface area contributed by atoms with Gasteiger partial charge in [0.1, 0.15) is 0 Å². The fourth-order valence-corrected chi connectivity index (χ4v) is 4.13. The van der Waals surface area contributed by atoms with E-state index in [4.69, 9.17) is 0 Å². The Morgan fingerprint density at radius 2 is 1.64 bits per heavy atom. The SMILES string of the molecule is [CH3][Ge]([CH3])([CH3])[CH](O)C1C=CC=C1. The molecule has 0 spiro atoms. The van der Waals surface area contributed by atoms with E-state index in [-0.39, 0.29) is 4.94 Å². The van der Waals surface area contributed by atoms with E-state index < -0.39 is 13.3 Å². The zero-order chi connectivity index (χ0) is 8.48. The van der Waals surface area contributed by atoms with E-state index in [0.717, 1.165) is 0 Å². The Bertz CT molecular complexity index is 176. The molecule has 11 heavy (non-hydrogen) atoms. The van der Waals surface area contributed by atoms with Gasteiger partial charge in [0.05, 0.1) is 0 Å². The van der Waals surface area contributed by atoms with Gasteiger partial charge in [0.2, 0.25) is 0 Å². The molecule has 1 nitrogen and oxygen atoms in total. The van der Waals surface area contributed by atoms with E-state index in [9.17, 15) is 5.11 Å². The Morgan fingerprint density at radius 3 is 2.00 bits per heavy atom.